The zero-order chi connectivity index (χ0) is 12.6. The fourth-order valence-electron chi connectivity index (χ4n) is 1.34. The standard InChI is InChI=1S/C10H6Br2O5/c11-5-3-6(17-9(5)12)7(13)8-4(10(14)15)1-2-16-8/h1-3,7,13H,(H,14,15). The van der Waals surface area contributed by atoms with E-state index in [4.69, 9.17) is 13.9 Å². The van der Waals surface area contributed by atoms with E-state index >= 15 is 0 Å². The smallest absolute Gasteiger partial charge is 0.339 e. The lowest BCUT2D eigenvalue weighted by atomic mass is 10.1. The van der Waals surface area contributed by atoms with Crippen LogP contribution in [0, 0.1) is 0 Å². The number of carboxylic acid groups (broad SMARTS) is 1. The molecule has 2 aromatic rings. The van der Waals surface area contributed by atoms with Crippen LogP contribution in [0.15, 0.2) is 36.4 Å². The normalized spacial score (nSPS) is 12.6. The molecule has 2 aromatic heterocycles. The number of rotatable bonds is 3. The Labute approximate surface area is 112 Å². The van der Waals surface area contributed by atoms with E-state index in [2.05, 4.69) is 31.9 Å². The molecule has 2 heterocycles. The van der Waals surface area contributed by atoms with Crippen LogP contribution < -0.4 is 0 Å². The van der Waals surface area contributed by atoms with Gasteiger partial charge in [0, 0.05) is 0 Å². The van der Waals surface area contributed by atoms with Gasteiger partial charge < -0.3 is 19.0 Å². The molecule has 0 spiro atoms. The van der Waals surface area contributed by atoms with Gasteiger partial charge in [-0.05, 0) is 44.0 Å². The molecule has 7 heteroatoms. The lowest BCUT2D eigenvalue weighted by Crippen LogP contribution is -2.04. The Morgan fingerprint density at radius 3 is 2.65 bits per heavy atom. The first-order chi connectivity index (χ1) is 8.00. The number of aromatic carboxylic acids is 1. The highest BCUT2D eigenvalue weighted by Gasteiger charge is 2.25. The van der Waals surface area contributed by atoms with Crippen LogP contribution in [0.4, 0.5) is 0 Å². The Morgan fingerprint density at radius 2 is 2.12 bits per heavy atom. The molecular formula is C10H6Br2O5. The maximum Gasteiger partial charge on any atom is 0.339 e. The topological polar surface area (TPSA) is 83.8 Å². The van der Waals surface area contributed by atoms with Crippen molar-refractivity contribution >= 4 is 37.8 Å². The molecule has 2 N–H and O–H groups in total. The number of aliphatic hydroxyl groups is 1. The minimum Gasteiger partial charge on any atom is -0.478 e. The molecule has 0 amide bonds. The van der Waals surface area contributed by atoms with Crippen LogP contribution in [-0.2, 0) is 0 Å². The number of carboxylic acids is 1. The molecule has 1 atom stereocenters. The van der Waals surface area contributed by atoms with Crippen LogP contribution in [0.25, 0.3) is 0 Å². The molecule has 0 aromatic carbocycles. The van der Waals surface area contributed by atoms with Gasteiger partial charge in [-0.25, -0.2) is 4.79 Å². The Hall–Kier alpha value is -1.05. The fourth-order valence-corrected chi connectivity index (χ4v) is 1.94. The van der Waals surface area contributed by atoms with E-state index in [-0.39, 0.29) is 17.1 Å². The molecule has 0 saturated carbocycles. The molecule has 0 radical (unpaired) electrons. The minimum atomic E-state index is -1.27. The van der Waals surface area contributed by atoms with Crippen molar-refractivity contribution < 1.29 is 23.8 Å². The van der Waals surface area contributed by atoms with Gasteiger partial charge in [0.2, 0.25) is 0 Å². The summed E-state index contributed by atoms with van der Waals surface area (Å²) < 4.78 is 11.2. The minimum absolute atomic E-state index is 0.0637. The van der Waals surface area contributed by atoms with Crippen molar-refractivity contribution in [2.75, 3.05) is 0 Å². The van der Waals surface area contributed by atoms with Crippen molar-refractivity contribution in [2.24, 2.45) is 0 Å². The molecule has 0 bridgehead atoms. The van der Waals surface area contributed by atoms with Crippen LogP contribution in [0.5, 0.6) is 0 Å². The molecular weight excluding hydrogens is 360 g/mol. The van der Waals surface area contributed by atoms with E-state index in [0.29, 0.717) is 9.14 Å². The Balaban J connectivity index is 2.40. The van der Waals surface area contributed by atoms with Gasteiger partial charge in [-0.3, -0.25) is 0 Å². The summed E-state index contributed by atoms with van der Waals surface area (Å²) >= 11 is 6.32. The van der Waals surface area contributed by atoms with Crippen molar-refractivity contribution in [2.45, 2.75) is 6.10 Å². The molecule has 5 nitrogen and oxygen atoms in total. The van der Waals surface area contributed by atoms with Gasteiger partial charge in [-0.2, -0.15) is 0 Å². The number of halogens is 2. The lowest BCUT2D eigenvalue weighted by molar-refractivity contribution is 0.0685. The van der Waals surface area contributed by atoms with Crippen LogP contribution >= 0.6 is 31.9 Å². The van der Waals surface area contributed by atoms with Gasteiger partial charge in [-0.1, -0.05) is 0 Å². The predicted octanol–water partition coefficient (Wildman–Crippen LogP) is 3.18. The molecule has 17 heavy (non-hydrogen) atoms. The third-order valence-electron chi connectivity index (χ3n) is 2.11. The van der Waals surface area contributed by atoms with Gasteiger partial charge in [0.1, 0.15) is 11.3 Å². The largest absolute Gasteiger partial charge is 0.478 e. The van der Waals surface area contributed by atoms with Gasteiger partial charge >= 0.3 is 5.97 Å². The van der Waals surface area contributed by atoms with E-state index < -0.39 is 12.1 Å². The van der Waals surface area contributed by atoms with Gasteiger partial charge in [0.15, 0.2) is 16.5 Å². The average molecular weight is 366 g/mol. The molecule has 0 aliphatic rings. The second-order valence-electron chi connectivity index (χ2n) is 3.18. The molecule has 0 aliphatic heterocycles. The number of hydrogen-bond donors (Lipinski definition) is 2. The van der Waals surface area contributed by atoms with Crippen molar-refractivity contribution in [3.63, 3.8) is 0 Å². The van der Waals surface area contributed by atoms with E-state index in [1.807, 2.05) is 0 Å². The van der Waals surface area contributed by atoms with Crippen LogP contribution in [0.3, 0.4) is 0 Å². The van der Waals surface area contributed by atoms with E-state index in [0.717, 1.165) is 0 Å². The van der Waals surface area contributed by atoms with Crippen molar-refractivity contribution in [3.8, 4) is 0 Å². The van der Waals surface area contributed by atoms with Gasteiger partial charge in [0.25, 0.3) is 0 Å². The molecule has 0 fully saturated rings. The predicted molar refractivity (Wildman–Crippen MR) is 63.8 cm³/mol. The van der Waals surface area contributed by atoms with Crippen molar-refractivity contribution in [1.82, 2.24) is 0 Å². The third kappa shape index (κ3) is 2.31. The summed E-state index contributed by atoms with van der Waals surface area (Å²) in [6.07, 6.45) is -0.0617. The first-order valence-electron chi connectivity index (χ1n) is 4.44. The molecule has 1 unspecified atom stereocenters. The van der Waals surface area contributed by atoms with Crippen LogP contribution in [0.2, 0.25) is 0 Å². The highest BCUT2D eigenvalue weighted by Crippen LogP contribution is 2.33. The lowest BCUT2D eigenvalue weighted by Gasteiger charge is -2.05. The number of carbonyl (C=O) groups is 1. The summed E-state index contributed by atoms with van der Waals surface area (Å²) in [6.45, 7) is 0. The number of hydrogen-bond acceptors (Lipinski definition) is 4. The van der Waals surface area contributed by atoms with E-state index in [9.17, 15) is 9.90 Å². The maximum atomic E-state index is 10.9. The highest BCUT2D eigenvalue weighted by molar-refractivity contribution is 9.13. The summed E-state index contributed by atoms with van der Waals surface area (Å²) in [6, 6.07) is 2.80. The SMILES string of the molecule is O=C(O)c1ccoc1C(O)c1cc(Br)c(Br)o1. The van der Waals surface area contributed by atoms with Gasteiger partial charge in [-0.15, -0.1) is 0 Å². The zero-order valence-corrected chi connectivity index (χ0v) is 11.4. The van der Waals surface area contributed by atoms with Crippen LogP contribution in [0.1, 0.15) is 28.0 Å². The first kappa shape index (κ1) is 12.4. The van der Waals surface area contributed by atoms with Crippen molar-refractivity contribution in [1.29, 1.82) is 0 Å². The molecule has 0 aliphatic carbocycles. The zero-order valence-electron chi connectivity index (χ0n) is 8.18. The second kappa shape index (κ2) is 4.67. The first-order valence-corrected chi connectivity index (χ1v) is 6.02. The highest BCUT2D eigenvalue weighted by atomic mass is 79.9. The molecule has 90 valence electrons. The fraction of sp³-hybridized carbons (Fsp3) is 0.100. The van der Waals surface area contributed by atoms with Crippen molar-refractivity contribution in [3.05, 3.63) is 44.6 Å². The average Bonchev–Trinajstić information content (AvgIpc) is 2.85. The summed E-state index contributed by atoms with van der Waals surface area (Å²) in [5, 5.41) is 18.8. The molecule has 0 saturated heterocycles. The van der Waals surface area contributed by atoms with E-state index in [1.165, 1.54) is 18.4 Å². The maximum absolute atomic E-state index is 10.9. The number of aliphatic hydroxyl groups excluding tert-OH is 1. The summed E-state index contributed by atoms with van der Waals surface area (Å²) in [5.41, 5.74) is -0.0962. The van der Waals surface area contributed by atoms with Crippen LogP contribution in [-0.4, -0.2) is 16.2 Å². The summed E-state index contributed by atoms with van der Waals surface area (Å²) in [7, 11) is 0. The Bertz CT molecular complexity index is 537. The Morgan fingerprint density at radius 1 is 1.41 bits per heavy atom. The molecule has 2 rings (SSSR count). The monoisotopic (exact) mass is 364 g/mol. The third-order valence-corrected chi connectivity index (χ3v) is 3.82. The number of furan rings is 2. The van der Waals surface area contributed by atoms with Gasteiger partial charge in [0.05, 0.1) is 10.7 Å². The summed E-state index contributed by atoms with van der Waals surface area (Å²) in [4.78, 5) is 10.9. The second-order valence-corrected chi connectivity index (χ2v) is 4.75. The quantitative estimate of drug-likeness (QED) is 0.872. The Kier molecular flexibility index (Phi) is 3.41. The summed E-state index contributed by atoms with van der Waals surface area (Å²) in [5.74, 6) is -1.05. The van der Waals surface area contributed by atoms with E-state index in [1.54, 1.807) is 0 Å².